The Labute approximate surface area is 169 Å². The highest BCUT2D eigenvalue weighted by Gasteiger charge is 2.23. The molecular weight excluding hydrogens is 390 g/mol. The average Bonchev–Trinajstić information content (AvgIpc) is 2.62. The molecule has 0 bridgehead atoms. The first-order valence-electron chi connectivity index (χ1n) is 8.79. The van der Waals surface area contributed by atoms with Crippen LogP contribution in [0, 0.1) is 5.92 Å². The highest BCUT2D eigenvalue weighted by atomic mass is 35.5. The van der Waals surface area contributed by atoms with Crippen LogP contribution in [0.2, 0.25) is 0 Å². The largest absolute Gasteiger partial charge is 0.496 e. The summed E-state index contributed by atoms with van der Waals surface area (Å²) in [5.41, 5.74) is 6.63. The lowest BCUT2D eigenvalue weighted by molar-refractivity contribution is -0.120. The molecule has 0 saturated heterocycles. The molecule has 7 nitrogen and oxygen atoms in total. The fraction of sp³-hybridized carbons (Fsp3) is 0.611. The van der Waals surface area contributed by atoms with Crippen molar-refractivity contribution in [1.82, 2.24) is 9.62 Å². The number of halogens is 1. The van der Waals surface area contributed by atoms with Crippen LogP contribution in [0.5, 0.6) is 5.75 Å². The van der Waals surface area contributed by atoms with Crippen LogP contribution >= 0.6 is 12.4 Å². The maximum absolute atomic E-state index is 12.8. The third-order valence-electron chi connectivity index (χ3n) is 4.39. The molecule has 1 unspecified atom stereocenters. The SMILES string of the molecule is CCC(=O)NCc1cc(S(=O)(=O)N(C)CCC(N)C(C)C)ccc1OC.Cl. The van der Waals surface area contributed by atoms with Gasteiger partial charge in [-0.1, -0.05) is 20.8 Å². The number of amides is 1. The number of nitrogens with two attached hydrogens (primary N) is 1. The molecule has 27 heavy (non-hydrogen) atoms. The lowest BCUT2D eigenvalue weighted by Gasteiger charge is -2.22. The summed E-state index contributed by atoms with van der Waals surface area (Å²) in [7, 11) is -0.588. The first-order chi connectivity index (χ1) is 12.1. The van der Waals surface area contributed by atoms with Gasteiger partial charge in [0.25, 0.3) is 0 Å². The van der Waals surface area contributed by atoms with Crippen LogP contribution < -0.4 is 15.8 Å². The third-order valence-corrected chi connectivity index (χ3v) is 6.24. The highest BCUT2D eigenvalue weighted by Crippen LogP contribution is 2.24. The Kier molecular flexibility index (Phi) is 10.9. The van der Waals surface area contributed by atoms with E-state index in [0.717, 1.165) is 0 Å². The first-order valence-corrected chi connectivity index (χ1v) is 10.2. The van der Waals surface area contributed by atoms with Crippen molar-refractivity contribution in [3.8, 4) is 5.75 Å². The lowest BCUT2D eigenvalue weighted by atomic mass is 10.0. The van der Waals surface area contributed by atoms with Gasteiger partial charge in [-0.05, 0) is 30.5 Å². The molecule has 0 aliphatic heterocycles. The van der Waals surface area contributed by atoms with Crippen LogP contribution in [-0.4, -0.2) is 45.4 Å². The van der Waals surface area contributed by atoms with Crippen molar-refractivity contribution in [3.63, 3.8) is 0 Å². The quantitative estimate of drug-likeness (QED) is 0.602. The molecule has 0 aromatic heterocycles. The lowest BCUT2D eigenvalue weighted by Crippen LogP contribution is -2.34. The van der Waals surface area contributed by atoms with E-state index < -0.39 is 10.0 Å². The molecule has 9 heteroatoms. The summed E-state index contributed by atoms with van der Waals surface area (Å²) in [6.07, 6.45) is 0.947. The van der Waals surface area contributed by atoms with Crippen molar-refractivity contribution in [2.75, 3.05) is 20.7 Å². The second-order valence-electron chi connectivity index (χ2n) is 6.63. The fourth-order valence-corrected chi connectivity index (χ4v) is 3.57. The summed E-state index contributed by atoms with van der Waals surface area (Å²) >= 11 is 0. The molecule has 1 atom stereocenters. The number of hydrogen-bond donors (Lipinski definition) is 2. The number of hydrogen-bond acceptors (Lipinski definition) is 5. The summed E-state index contributed by atoms with van der Waals surface area (Å²) in [4.78, 5) is 11.7. The van der Waals surface area contributed by atoms with Crippen LogP contribution in [-0.2, 0) is 21.4 Å². The summed E-state index contributed by atoms with van der Waals surface area (Å²) in [5, 5.41) is 2.74. The molecule has 0 heterocycles. The minimum atomic E-state index is -3.64. The number of methoxy groups -OCH3 is 1. The number of nitrogens with zero attached hydrogens (tertiary/aromatic N) is 1. The van der Waals surface area contributed by atoms with Crippen molar-refractivity contribution in [2.45, 2.75) is 51.1 Å². The predicted molar refractivity (Wildman–Crippen MR) is 110 cm³/mol. The van der Waals surface area contributed by atoms with Crippen molar-refractivity contribution < 1.29 is 17.9 Å². The van der Waals surface area contributed by atoms with Gasteiger partial charge < -0.3 is 15.8 Å². The maximum atomic E-state index is 12.8. The number of carbonyl (C=O) groups is 1. The van der Waals surface area contributed by atoms with Crippen LogP contribution in [0.25, 0.3) is 0 Å². The second kappa shape index (κ2) is 11.5. The Morgan fingerprint density at radius 2 is 1.96 bits per heavy atom. The second-order valence-corrected chi connectivity index (χ2v) is 8.67. The van der Waals surface area contributed by atoms with Crippen molar-refractivity contribution in [3.05, 3.63) is 23.8 Å². The van der Waals surface area contributed by atoms with E-state index >= 15 is 0 Å². The van der Waals surface area contributed by atoms with Gasteiger partial charge in [-0.15, -0.1) is 12.4 Å². The molecule has 156 valence electrons. The summed E-state index contributed by atoms with van der Waals surface area (Å²) in [5.74, 6) is 0.714. The van der Waals surface area contributed by atoms with Gasteiger partial charge in [-0.2, -0.15) is 0 Å². The molecule has 0 radical (unpaired) electrons. The molecule has 1 rings (SSSR count). The third kappa shape index (κ3) is 7.29. The fourth-order valence-electron chi connectivity index (χ4n) is 2.34. The van der Waals surface area contributed by atoms with Gasteiger partial charge in [0, 0.05) is 38.2 Å². The van der Waals surface area contributed by atoms with E-state index in [4.69, 9.17) is 10.5 Å². The molecule has 1 aromatic rings. The highest BCUT2D eigenvalue weighted by molar-refractivity contribution is 7.89. The molecule has 1 aromatic carbocycles. The molecule has 0 saturated carbocycles. The van der Waals surface area contributed by atoms with Crippen LogP contribution in [0.1, 0.15) is 39.2 Å². The Morgan fingerprint density at radius 3 is 2.48 bits per heavy atom. The topological polar surface area (TPSA) is 102 Å². The van der Waals surface area contributed by atoms with E-state index in [2.05, 4.69) is 5.32 Å². The molecule has 0 aliphatic rings. The average molecular weight is 422 g/mol. The van der Waals surface area contributed by atoms with E-state index in [0.29, 0.717) is 36.6 Å². The number of sulfonamides is 1. The van der Waals surface area contributed by atoms with E-state index in [1.54, 1.807) is 26.1 Å². The van der Waals surface area contributed by atoms with Crippen LogP contribution in [0.3, 0.4) is 0 Å². The minimum Gasteiger partial charge on any atom is -0.496 e. The smallest absolute Gasteiger partial charge is 0.242 e. The Morgan fingerprint density at radius 1 is 1.33 bits per heavy atom. The maximum Gasteiger partial charge on any atom is 0.242 e. The predicted octanol–water partition coefficient (Wildman–Crippen LogP) is 2.14. The van der Waals surface area contributed by atoms with Crippen molar-refractivity contribution in [2.24, 2.45) is 11.7 Å². The summed E-state index contributed by atoms with van der Waals surface area (Å²) < 4.78 is 32.2. The zero-order chi connectivity index (χ0) is 19.9. The van der Waals surface area contributed by atoms with E-state index in [1.165, 1.54) is 17.5 Å². The van der Waals surface area contributed by atoms with Gasteiger partial charge in [0.1, 0.15) is 5.75 Å². The van der Waals surface area contributed by atoms with E-state index in [9.17, 15) is 13.2 Å². The van der Waals surface area contributed by atoms with Crippen molar-refractivity contribution >= 4 is 28.3 Å². The zero-order valence-electron chi connectivity index (χ0n) is 16.7. The van der Waals surface area contributed by atoms with Gasteiger partial charge in [0.2, 0.25) is 15.9 Å². The molecule has 0 fully saturated rings. The summed E-state index contributed by atoms with van der Waals surface area (Å²) in [6, 6.07) is 4.61. The molecule has 3 N–H and O–H groups in total. The van der Waals surface area contributed by atoms with E-state index in [-0.39, 0.29) is 35.8 Å². The molecule has 0 spiro atoms. The Bertz CT molecular complexity index is 711. The first kappa shape index (κ1) is 25.6. The van der Waals surface area contributed by atoms with Gasteiger partial charge in [-0.3, -0.25) is 4.79 Å². The normalized spacial score (nSPS) is 12.6. The van der Waals surface area contributed by atoms with Gasteiger partial charge >= 0.3 is 0 Å². The number of rotatable bonds is 10. The number of ether oxygens (including phenoxy) is 1. The van der Waals surface area contributed by atoms with Crippen LogP contribution in [0.4, 0.5) is 0 Å². The van der Waals surface area contributed by atoms with Gasteiger partial charge in [0.15, 0.2) is 0 Å². The van der Waals surface area contributed by atoms with Gasteiger partial charge in [0.05, 0.1) is 12.0 Å². The zero-order valence-corrected chi connectivity index (χ0v) is 18.3. The Balaban J connectivity index is 0.00000676. The Hall–Kier alpha value is -1.35. The van der Waals surface area contributed by atoms with Crippen molar-refractivity contribution in [1.29, 1.82) is 0 Å². The van der Waals surface area contributed by atoms with E-state index in [1.807, 2.05) is 13.8 Å². The molecule has 0 aliphatic carbocycles. The molecule has 1 amide bonds. The minimum absolute atomic E-state index is 0. The number of carbonyl (C=O) groups excluding carboxylic acids is 1. The molecular formula is C18H32ClN3O4S. The monoisotopic (exact) mass is 421 g/mol. The van der Waals surface area contributed by atoms with Gasteiger partial charge in [-0.25, -0.2) is 12.7 Å². The standard InChI is InChI=1S/C18H31N3O4S.ClH/c1-6-18(22)20-12-14-11-15(7-8-17(14)25-5)26(23,24)21(4)10-9-16(19)13(2)3;/h7-8,11,13,16H,6,9-10,12,19H2,1-5H3,(H,20,22);1H. The number of benzene rings is 1. The number of nitrogens with one attached hydrogen (secondary N) is 1. The van der Waals surface area contributed by atoms with Crippen LogP contribution in [0.15, 0.2) is 23.1 Å². The summed E-state index contributed by atoms with van der Waals surface area (Å²) in [6.45, 7) is 6.33.